The second kappa shape index (κ2) is 9.20. The predicted molar refractivity (Wildman–Crippen MR) is 92.6 cm³/mol. The molecule has 2 rings (SSSR count). The van der Waals surface area contributed by atoms with Crippen LogP contribution in [0.25, 0.3) is 0 Å². The quantitative estimate of drug-likeness (QED) is 0.442. The van der Waals surface area contributed by atoms with Crippen LogP contribution in [0.3, 0.4) is 0 Å². The maximum absolute atomic E-state index is 11.8. The molecule has 0 aliphatic rings. The highest BCUT2D eigenvalue weighted by Gasteiger charge is 2.10. The van der Waals surface area contributed by atoms with Crippen molar-refractivity contribution in [3.8, 4) is 0 Å². The Morgan fingerprint density at radius 1 is 1.12 bits per heavy atom. The zero-order valence-corrected chi connectivity index (χ0v) is 14.4. The van der Waals surface area contributed by atoms with Crippen molar-refractivity contribution in [2.24, 2.45) is 0 Å². The maximum Gasteiger partial charge on any atom is 0.325 e. The molecule has 0 unspecified atom stereocenters. The molecule has 0 saturated heterocycles. The van der Waals surface area contributed by atoms with Gasteiger partial charge in [-0.05, 0) is 42.1 Å². The van der Waals surface area contributed by atoms with E-state index in [9.17, 15) is 14.4 Å². The van der Waals surface area contributed by atoms with Crippen LogP contribution in [0.2, 0.25) is 5.02 Å². The van der Waals surface area contributed by atoms with Gasteiger partial charge in [0.15, 0.2) is 5.78 Å². The van der Waals surface area contributed by atoms with Gasteiger partial charge in [-0.3, -0.25) is 14.4 Å². The van der Waals surface area contributed by atoms with Crippen LogP contribution >= 0.6 is 22.9 Å². The highest BCUT2D eigenvalue weighted by atomic mass is 35.5. The molecule has 0 saturated carbocycles. The molecule has 0 fully saturated rings. The van der Waals surface area contributed by atoms with Crippen LogP contribution in [0.15, 0.2) is 41.8 Å². The van der Waals surface area contributed by atoms with Gasteiger partial charge >= 0.3 is 5.97 Å². The van der Waals surface area contributed by atoms with Gasteiger partial charge in [-0.25, -0.2) is 0 Å². The third-order valence-electron chi connectivity index (χ3n) is 3.11. The number of benzene rings is 1. The predicted octanol–water partition coefficient (Wildman–Crippen LogP) is 3.34. The molecular weight excluding hydrogens is 350 g/mol. The number of hydrogen-bond donors (Lipinski definition) is 1. The van der Waals surface area contributed by atoms with E-state index in [0.717, 1.165) is 0 Å². The van der Waals surface area contributed by atoms with E-state index in [1.807, 2.05) is 11.4 Å². The highest BCUT2D eigenvalue weighted by molar-refractivity contribution is 7.12. The average Bonchev–Trinajstić information content (AvgIpc) is 3.11. The van der Waals surface area contributed by atoms with Crippen molar-refractivity contribution in [2.45, 2.75) is 12.8 Å². The summed E-state index contributed by atoms with van der Waals surface area (Å²) in [6, 6.07) is 9.92. The van der Waals surface area contributed by atoms with Crippen LogP contribution in [0, 0.1) is 0 Å². The van der Waals surface area contributed by atoms with E-state index in [0.29, 0.717) is 28.3 Å². The third-order valence-corrected chi connectivity index (χ3v) is 4.27. The van der Waals surface area contributed by atoms with Crippen LogP contribution < -0.4 is 5.32 Å². The zero-order chi connectivity index (χ0) is 17.4. The monoisotopic (exact) mass is 365 g/mol. The highest BCUT2D eigenvalue weighted by Crippen LogP contribution is 2.12. The van der Waals surface area contributed by atoms with E-state index in [2.05, 4.69) is 5.32 Å². The fourth-order valence-electron chi connectivity index (χ4n) is 1.89. The van der Waals surface area contributed by atoms with Gasteiger partial charge in [0.05, 0.1) is 11.5 Å². The van der Waals surface area contributed by atoms with Crippen molar-refractivity contribution in [3.63, 3.8) is 0 Å². The first-order valence-electron chi connectivity index (χ1n) is 7.32. The lowest BCUT2D eigenvalue weighted by atomic mass is 10.2. The maximum atomic E-state index is 11.8. The first kappa shape index (κ1) is 18.2. The summed E-state index contributed by atoms with van der Waals surface area (Å²) < 4.78 is 4.99. The number of esters is 1. The van der Waals surface area contributed by atoms with Gasteiger partial charge in [0.1, 0.15) is 6.54 Å². The van der Waals surface area contributed by atoms with E-state index in [4.69, 9.17) is 16.3 Å². The summed E-state index contributed by atoms with van der Waals surface area (Å²) in [6.07, 6.45) is 0.776. The molecule has 1 heterocycles. The molecular formula is C17H16ClNO4S. The molecule has 5 nitrogen and oxygen atoms in total. The number of rotatable bonds is 8. The van der Waals surface area contributed by atoms with Gasteiger partial charge in [-0.1, -0.05) is 17.7 Å². The topological polar surface area (TPSA) is 72.5 Å². The molecule has 2 aromatic rings. The van der Waals surface area contributed by atoms with Gasteiger partial charge in [-0.15, -0.1) is 11.3 Å². The van der Waals surface area contributed by atoms with Crippen LogP contribution in [0.4, 0.5) is 0 Å². The number of ether oxygens (including phenoxy) is 1. The lowest BCUT2D eigenvalue weighted by molar-refractivity contribution is -0.142. The van der Waals surface area contributed by atoms with E-state index >= 15 is 0 Å². The van der Waals surface area contributed by atoms with Crippen molar-refractivity contribution in [2.75, 3.05) is 13.2 Å². The Labute approximate surface area is 148 Å². The Morgan fingerprint density at radius 2 is 1.88 bits per heavy atom. The summed E-state index contributed by atoms with van der Waals surface area (Å²) in [4.78, 5) is 35.8. The number of thiophene rings is 1. The van der Waals surface area contributed by atoms with Gasteiger partial charge < -0.3 is 10.1 Å². The molecule has 126 valence electrons. The van der Waals surface area contributed by atoms with Gasteiger partial charge in [0.25, 0.3) is 5.91 Å². The molecule has 0 atom stereocenters. The first-order valence-corrected chi connectivity index (χ1v) is 8.58. The second-order valence-corrected chi connectivity index (χ2v) is 6.30. The first-order chi connectivity index (χ1) is 11.6. The summed E-state index contributed by atoms with van der Waals surface area (Å²) in [5.74, 6) is -0.880. The minimum Gasteiger partial charge on any atom is -0.464 e. The molecule has 0 bridgehead atoms. The van der Waals surface area contributed by atoms with Crippen LogP contribution in [-0.4, -0.2) is 30.8 Å². The van der Waals surface area contributed by atoms with Gasteiger partial charge in [0.2, 0.25) is 0 Å². The number of carbonyl (C=O) groups is 3. The minimum absolute atomic E-state index is 0.0390. The lowest BCUT2D eigenvalue weighted by Crippen LogP contribution is -2.30. The fourth-order valence-corrected chi connectivity index (χ4v) is 2.71. The van der Waals surface area contributed by atoms with Crippen molar-refractivity contribution in [1.82, 2.24) is 5.32 Å². The van der Waals surface area contributed by atoms with Crippen LogP contribution in [-0.2, 0) is 9.53 Å². The molecule has 0 aliphatic heterocycles. The van der Waals surface area contributed by atoms with E-state index in [1.165, 1.54) is 11.3 Å². The number of halogens is 1. The molecule has 1 aromatic heterocycles. The number of nitrogens with one attached hydrogen (secondary N) is 1. The number of carbonyl (C=O) groups excluding carboxylic acids is 3. The number of amides is 1. The Kier molecular flexibility index (Phi) is 6.96. The molecule has 0 spiro atoms. The van der Waals surface area contributed by atoms with Crippen molar-refractivity contribution < 1.29 is 19.1 Å². The molecule has 7 heteroatoms. The Morgan fingerprint density at radius 3 is 2.54 bits per heavy atom. The van der Waals surface area contributed by atoms with E-state index < -0.39 is 5.97 Å². The summed E-state index contributed by atoms with van der Waals surface area (Å²) >= 11 is 7.13. The Balaban J connectivity index is 1.62. The normalized spacial score (nSPS) is 10.2. The standard InChI is InChI=1S/C17H16ClNO4S/c18-13-7-5-12(6-8-13)17(22)19-11-16(21)23-9-1-3-14(20)15-4-2-10-24-15/h2,4-8,10H,1,3,9,11H2,(H,19,22). The molecule has 0 radical (unpaired) electrons. The van der Waals surface area contributed by atoms with Crippen molar-refractivity contribution in [3.05, 3.63) is 57.2 Å². The van der Waals surface area contributed by atoms with Crippen molar-refractivity contribution in [1.29, 1.82) is 0 Å². The smallest absolute Gasteiger partial charge is 0.325 e. The van der Waals surface area contributed by atoms with Crippen molar-refractivity contribution >= 4 is 40.6 Å². The number of ketones is 1. The average molecular weight is 366 g/mol. The summed E-state index contributed by atoms with van der Waals surface area (Å²) in [7, 11) is 0. The summed E-state index contributed by atoms with van der Waals surface area (Å²) in [6.45, 7) is -0.0763. The summed E-state index contributed by atoms with van der Waals surface area (Å²) in [5, 5.41) is 4.84. The third kappa shape index (κ3) is 5.79. The van der Waals surface area contributed by atoms with E-state index in [-0.39, 0.29) is 24.8 Å². The second-order valence-electron chi connectivity index (χ2n) is 4.91. The van der Waals surface area contributed by atoms with Crippen LogP contribution in [0.5, 0.6) is 0 Å². The molecule has 24 heavy (non-hydrogen) atoms. The molecule has 1 N–H and O–H groups in total. The SMILES string of the molecule is O=C(CNC(=O)c1ccc(Cl)cc1)OCCCC(=O)c1cccs1. The van der Waals surface area contributed by atoms with Crippen LogP contribution in [0.1, 0.15) is 32.9 Å². The minimum atomic E-state index is -0.541. The Hall–Kier alpha value is -2.18. The van der Waals surface area contributed by atoms with Gasteiger partial charge in [-0.2, -0.15) is 0 Å². The number of Topliss-reactive ketones (excluding diaryl/α,β-unsaturated/α-hetero) is 1. The fraction of sp³-hybridized carbons (Fsp3) is 0.235. The zero-order valence-electron chi connectivity index (χ0n) is 12.8. The largest absolute Gasteiger partial charge is 0.464 e. The molecule has 0 aliphatic carbocycles. The summed E-state index contributed by atoms with van der Waals surface area (Å²) in [5.41, 5.74) is 0.411. The Bertz CT molecular complexity index is 698. The lowest BCUT2D eigenvalue weighted by Gasteiger charge is -2.06. The van der Waals surface area contributed by atoms with Gasteiger partial charge in [0, 0.05) is 17.0 Å². The number of hydrogen-bond acceptors (Lipinski definition) is 5. The molecule has 1 aromatic carbocycles. The molecule has 1 amide bonds. The van der Waals surface area contributed by atoms with E-state index in [1.54, 1.807) is 30.3 Å².